The van der Waals surface area contributed by atoms with Crippen molar-refractivity contribution in [2.24, 2.45) is 0 Å². The maximum absolute atomic E-state index is 11.6. The minimum absolute atomic E-state index is 0.0202. The standard InChI is InChI=1S/C17H11BrN6O2S/c18-10-2-4-11(5-3-10)27-14-6-1-9(7-13(14)24(25)26)15-12(8-19)16(20)23-17(21)22-15/h1-7H,(H4,20,21,22,23). The van der Waals surface area contributed by atoms with Gasteiger partial charge in [-0.15, -0.1) is 0 Å². The quantitative estimate of drug-likeness (QED) is 0.455. The van der Waals surface area contributed by atoms with E-state index in [2.05, 4.69) is 25.9 Å². The minimum Gasteiger partial charge on any atom is -0.382 e. The molecule has 1 aromatic heterocycles. The number of nitro benzene ring substituents is 1. The first kappa shape index (κ1) is 18.6. The van der Waals surface area contributed by atoms with Crippen molar-refractivity contribution in [1.29, 1.82) is 5.26 Å². The van der Waals surface area contributed by atoms with Crippen molar-refractivity contribution in [3.05, 3.63) is 62.6 Å². The number of nitriles is 1. The van der Waals surface area contributed by atoms with Gasteiger partial charge in [-0.3, -0.25) is 10.1 Å². The highest BCUT2D eigenvalue weighted by atomic mass is 79.9. The highest BCUT2D eigenvalue weighted by molar-refractivity contribution is 9.10. The van der Waals surface area contributed by atoms with Crippen LogP contribution in [-0.4, -0.2) is 14.9 Å². The molecule has 0 aliphatic heterocycles. The maximum atomic E-state index is 11.6. The summed E-state index contributed by atoms with van der Waals surface area (Å²) < 4.78 is 0.916. The van der Waals surface area contributed by atoms with Crippen molar-refractivity contribution >= 4 is 45.1 Å². The summed E-state index contributed by atoms with van der Waals surface area (Å²) >= 11 is 4.61. The first-order valence-electron chi connectivity index (χ1n) is 7.44. The molecule has 4 N–H and O–H groups in total. The largest absolute Gasteiger partial charge is 0.382 e. The summed E-state index contributed by atoms with van der Waals surface area (Å²) in [4.78, 5) is 20.2. The molecule has 3 rings (SSSR count). The Bertz CT molecular complexity index is 1080. The number of hydrogen-bond donors (Lipinski definition) is 2. The van der Waals surface area contributed by atoms with Crippen LogP contribution in [0.25, 0.3) is 11.3 Å². The van der Waals surface area contributed by atoms with Crippen LogP contribution in [-0.2, 0) is 0 Å². The molecule has 0 aliphatic carbocycles. The van der Waals surface area contributed by atoms with Crippen LogP contribution < -0.4 is 11.5 Å². The van der Waals surface area contributed by atoms with E-state index in [1.165, 1.54) is 17.8 Å². The summed E-state index contributed by atoms with van der Waals surface area (Å²) in [6.45, 7) is 0. The Hall–Kier alpha value is -3.16. The predicted octanol–water partition coefficient (Wildman–Crippen LogP) is 4.00. The number of rotatable bonds is 4. The summed E-state index contributed by atoms with van der Waals surface area (Å²) in [5.41, 5.74) is 11.8. The van der Waals surface area contributed by atoms with Crippen LogP contribution in [0.3, 0.4) is 0 Å². The minimum atomic E-state index is -0.482. The fourth-order valence-corrected chi connectivity index (χ4v) is 3.50. The normalized spacial score (nSPS) is 10.4. The van der Waals surface area contributed by atoms with E-state index in [9.17, 15) is 15.4 Å². The van der Waals surface area contributed by atoms with Gasteiger partial charge in [0.1, 0.15) is 17.5 Å². The van der Waals surface area contributed by atoms with Crippen LogP contribution in [0.1, 0.15) is 5.56 Å². The third kappa shape index (κ3) is 3.99. The van der Waals surface area contributed by atoms with E-state index in [1.807, 2.05) is 30.3 Å². The Morgan fingerprint density at radius 3 is 2.48 bits per heavy atom. The molecule has 0 atom stereocenters. The summed E-state index contributed by atoms with van der Waals surface area (Å²) in [6, 6.07) is 13.9. The van der Waals surface area contributed by atoms with E-state index in [4.69, 9.17) is 11.5 Å². The lowest BCUT2D eigenvalue weighted by atomic mass is 10.1. The molecule has 10 heteroatoms. The van der Waals surface area contributed by atoms with Crippen LogP contribution in [0.4, 0.5) is 17.5 Å². The lowest BCUT2D eigenvalue weighted by Gasteiger charge is -2.09. The molecule has 134 valence electrons. The van der Waals surface area contributed by atoms with Crippen molar-refractivity contribution in [3.63, 3.8) is 0 Å². The number of nitrogens with two attached hydrogens (primary N) is 2. The average molecular weight is 443 g/mol. The Balaban J connectivity index is 2.08. The van der Waals surface area contributed by atoms with E-state index in [0.29, 0.717) is 10.5 Å². The fraction of sp³-hybridized carbons (Fsp3) is 0. The second-order valence-corrected chi connectivity index (χ2v) is 7.33. The van der Waals surface area contributed by atoms with E-state index in [1.54, 1.807) is 12.1 Å². The summed E-state index contributed by atoms with van der Waals surface area (Å²) in [7, 11) is 0. The molecule has 0 amide bonds. The molecule has 8 nitrogen and oxygen atoms in total. The van der Waals surface area contributed by atoms with E-state index < -0.39 is 4.92 Å². The molecule has 0 unspecified atom stereocenters. The van der Waals surface area contributed by atoms with E-state index in [0.717, 1.165) is 9.37 Å². The predicted molar refractivity (Wildman–Crippen MR) is 106 cm³/mol. The van der Waals surface area contributed by atoms with Gasteiger partial charge in [-0.05, 0) is 30.3 Å². The molecule has 0 saturated carbocycles. The molecule has 0 spiro atoms. The third-order valence-electron chi connectivity index (χ3n) is 3.54. The molecule has 2 aromatic carbocycles. The zero-order valence-corrected chi connectivity index (χ0v) is 16.0. The third-order valence-corrected chi connectivity index (χ3v) is 5.14. The van der Waals surface area contributed by atoms with Gasteiger partial charge < -0.3 is 11.5 Å². The number of hydrogen-bond acceptors (Lipinski definition) is 8. The van der Waals surface area contributed by atoms with Crippen LogP contribution in [0, 0.1) is 21.4 Å². The number of nitrogens with zero attached hydrogens (tertiary/aromatic N) is 4. The van der Waals surface area contributed by atoms with Gasteiger partial charge in [0.2, 0.25) is 5.95 Å². The molecule has 0 radical (unpaired) electrons. The zero-order valence-electron chi connectivity index (χ0n) is 13.6. The average Bonchev–Trinajstić information content (AvgIpc) is 2.63. The summed E-state index contributed by atoms with van der Waals surface area (Å²) in [6.07, 6.45) is 0. The number of anilines is 2. The molecular formula is C17H11BrN6O2S. The van der Waals surface area contributed by atoms with E-state index in [-0.39, 0.29) is 28.7 Å². The molecular weight excluding hydrogens is 432 g/mol. The molecule has 0 saturated heterocycles. The Morgan fingerprint density at radius 2 is 1.85 bits per heavy atom. The van der Waals surface area contributed by atoms with Gasteiger partial charge in [-0.2, -0.15) is 10.2 Å². The Morgan fingerprint density at radius 1 is 1.15 bits per heavy atom. The zero-order chi connectivity index (χ0) is 19.6. The van der Waals surface area contributed by atoms with Gasteiger partial charge in [0.15, 0.2) is 0 Å². The SMILES string of the molecule is N#Cc1c(N)nc(N)nc1-c1ccc(Sc2ccc(Br)cc2)c([N+](=O)[O-])c1. The van der Waals surface area contributed by atoms with Gasteiger partial charge in [-0.25, -0.2) is 4.98 Å². The molecule has 1 heterocycles. The second-order valence-electron chi connectivity index (χ2n) is 5.30. The van der Waals surface area contributed by atoms with Crippen LogP contribution in [0.15, 0.2) is 56.7 Å². The lowest BCUT2D eigenvalue weighted by molar-refractivity contribution is -0.387. The van der Waals surface area contributed by atoms with Gasteiger partial charge in [-0.1, -0.05) is 33.8 Å². The molecule has 0 aliphatic rings. The van der Waals surface area contributed by atoms with Crippen molar-refractivity contribution in [2.75, 3.05) is 11.5 Å². The van der Waals surface area contributed by atoms with Gasteiger partial charge in [0.05, 0.1) is 15.5 Å². The first-order valence-corrected chi connectivity index (χ1v) is 9.05. The number of halogens is 1. The highest BCUT2D eigenvalue weighted by Gasteiger charge is 2.20. The molecule has 0 fully saturated rings. The number of benzene rings is 2. The van der Waals surface area contributed by atoms with Crippen LogP contribution >= 0.6 is 27.7 Å². The van der Waals surface area contributed by atoms with Crippen molar-refractivity contribution in [1.82, 2.24) is 9.97 Å². The van der Waals surface area contributed by atoms with Crippen LogP contribution in [0.5, 0.6) is 0 Å². The monoisotopic (exact) mass is 442 g/mol. The lowest BCUT2D eigenvalue weighted by Crippen LogP contribution is -2.05. The second kappa shape index (κ2) is 7.61. The number of nitrogen functional groups attached to an aromatic ring is 2. The molecule has 27 heavy (non-hydrogen) atoms. The highest BCUT2D eigenvalue weighted by Crippen LogP contribution is 2.38. The van der Waals surface area contributed by atoms with Crippen molar-refractivity contribution < 1.29 is 4.92 Å². The van der Waals surface area contributed by atoms with Crippen LogP contribution in [0.2, 0.25) is 0 Å². The number of aromatic nitrogens is 2. The van der Waals surface area contributed by atoms with Gasteiger partial charge >= 0.3 is 0 Å². The molecule has 0 bridgehead atoms. The molecule has 3 aromatic rings. The topological polar surface area (TPSA) is 145 Å². The summed E-state index contributed by atoms with van der Waals surface area (Å²) in [5, 5.41) is 20.9. The van der Waals surface area contributed by atoms with E-state index >= 15 is 0 Å². The number of nitro groups is 1. The van der Waals surface area contributed by atoms with Crippen molar-refractivity contribution in [3.8, 4) is 17.3 Å². The first-order chi connectivity index (χ1) is 12.9. The van der Waals surface area contributed by atoms with Gasteiger partial charge in [0, 0.05) is 21.0 Å². The maximum Gasteiger partial charge on any atom is 0.283 e. The Labute approximate surface area is 166 Å². The fourth-order valence-electron chi connectivity index (χ4n) is 2.34. The smallest absolute Gasteiger partial charge is 0.283 e. The van der Waals surface area contributed by atoms with Crippen molar-refractivity contribution in [2.45, 2.75) is 9.79 Å². The Kier molecular flexibility index (Phi) is 5.25. The van der Waals surface area contributed by atoms with Gasteiger partial charge in [0.25, 0.3) is 5.69 Å². The summed E-state index contributed by atoms with van der Waals surface area (Å²) in [5.74, 6) is -0.187.